The maximum absolute atomic E-state index is 14.8. The smallest absolute Gasteiger partial charge is 0.307 e. The number of carboxylic acid groups (broad SMARTS) is 1. The van der Waals surface area contributed by atoms with E-state index in [1.54, 1.807) is 30.7 Å². The first-order valence-corrected chi connectivity index (χ1v) is 9.51. The van der Waals surface area contributed by atoms with E-state index < -0.39 is 5.97 Å². The van der Waals surface area contributed by atoms with Gasteiger partial charge in [-0.1, -0.05) is 23.7 Å². The molecule has 0 amide bonds. The molecule has 0 aliphatic carbocycles. The van der Waals surface area contributed by atoms with Gasteiger partial charge in [-0.15, -0.1) is 0 Å². The molecule has 4 aromatic rings. The Hall–Kier alpha value is -3.12. The summed E-state index contributed by atoms with van der Waals surface area (Å²) in [5, 5.41) is 15.1. The van der Waals surface area contributed by atoms with Gasteiger partial charge in [-0.05, 0) is 44.2 Å². The van der Waals surface area contributed by atoms with Gasteiger partial charge in [0, 0.05) is 44.0 Å². The second kappa shape index (κ2) is 7.37. The van der Waals surface area contributed by atoms with Crippen molar-refractivity contribution in [2.75, 3.05) is 0 Å². The number of nitrogens with zero attached hydrogens (tertiary/aromatic N) is 2. The number of aromatic amines is 1. The first kappa shape index (κ1) is 19.2. The van der Waals surface area contributed by atoms with Crippen LogP contribution in [0.4, 0.5) is 4.39 Å². The number of benzene rings is 2. The number of halogens is 2. The zero-order valence-electron chi connectivity index (χ0n) is 16.0. The van der Waals surface area contributed by atoms with E-state index in [-0.39, 0.29) is 18.8 Å². The Labute approximate surface area is 171 Å². The highest BCUT2D eigenvalue weighted by atomic mass is 35.5. The van der Waals surface area contributed by atoms with E-state index in [0.717, 1.165) is 27.9 Å². The number of carbonyl (C=O) groups is 1. The van der Waals surface area contributed by atoms with Crippen molar-refractivity contribution in [1.29, 1.82) is 0 Å². The van der Waals surface area contributed by atoms with E-state index >= 15 is 0 Å². The van der Waals surface area contributed by atoms with Crippen molar-refractivity contribution >= 4 is 28.5 Å². The van der Waals surface area contributed by atoms with Gasteiger partial charge in [-0.3, -0.25) is 9.48 Å². The zero-order chi connectivity index (χ0) is 20.7. The van der Waals surface area contributed by atoms with Crippen LogP contribution in [-0.4, -0.2) is 25.8 Å². The number of nitrogens with one attached hydrogen (secondary N) is 1. The van der Waals surface area contributed by atoms with E-state index in [2.05, 4.69) is 10.1 Å². The molecule has 29 heavy (non-hydrogen) atoms. The van der Waals surface area contributed by atoms with Crippen LogP contribution < -0.4 is 0 Å². The summed E-state index contributed by atoms with van der Waals surface area (Å²) in [6.45, 7) is 3.81. The third-order valence-corrected chi connectivity index (χ3v) is 5.36. The maximum Gasteiger partial charge on any atom is 0.307 e. The Balaban J connectivity index is 1.63. The van der Waals surface area contributed by atoms with Crippen LogP contribution in [0.3, 0.4) is 0 Å². The van der Waals surface area contributed by atoms with Crippen molar-refractivity contribution in [3.05, 3.63) is 75.8 Å². The summed E-state index contributed by atoms with van der Waals surface area (Å²) in [6, 6.07) is 12.6. The van der Waals surface area contributed by atoms with Gasteiger partial charge in [0.1, 0.15) is 5.82 Å². The van der Waals surface area contributed by atoms with E-state index in [9.17, 15) is 9.18 Å². The molecule has 2 N–H and O–H groups in total. The minimum Gasteiger partial charge on any atom is -0.481 e. The van der Waals surface area contributed by atoms with Crippen LogP contribution in [0.1, 0.15) is 22.5 Å². The fraction of sp³-hybridized carbons (Fsp3) is 0.182. The van der Waals surface area contributed by atoms with Crippen molar-refractivity contribution in [2.45, 2.75) is 26.8 Å². The van der Waals surface area contributed by atoms with Gasteiger partial charge in [0.2, 0.25) is 0 Å². The predicted octanol–water partition coefficient (Wildman–Crippen LogP) is 5.12. The molecule has 148 valence electrons. The Bertz CT molecular complexity index is 1240. The molecule has 4 rings (SSSR count). The quantitative estimate of drug-likeness (QED) is 0.479. The van der Waals surface area contributed by atoms with Crippen molar-refractivity contribution in [3.8, 4) is 11.3 Å². The molecule has 0 aliphatic rings. The molecule has 2 aromatic carbocycles. The fourth-order valence-electron chi connectivity index (χ4n) is 3.56. The highest BCUT2D eigenvalue weighted by molar-refractivity contribution is 6.31. The van der Waals surface area contributed by atoms with Crippen LogP contribution >= 0.6 is 11.6 Å². The van der Waals surface area contributed by atoms with Crippen LogP contribution in [0, 0.1) is 19.7 Å². The first-order valence-electron chi connectivity index (χ1n) is 9.13. The highest BCUT2D eigenvalue weighted by Crippen LogP contribution is 2.28. The summed E-state index contributed by atoms with van der Waals surface area (Å²) in [5.74, 6) is -1.25. The summed E-state index contributed by atoms with van der Waals surface area (Å²) in [4.78, 5) is 14.3. The van der Waals surface area contributed by atoms with Gasteiger partial charge in [-0.25, -0.2) is 4.39 Å². The summed E-state index contributed by atoms with van der Waals surface area (Å²) < 4.78 is 16.5. The molecule has 0 radical (unpaired) electrons. The Morgan fingerprint density at radius 3 is 2.72 bits per heavy atom. The fourth-order valence-corrected chi connectivity index (χ4v) is 3.74. The lowest BCUT2D eigenvalue weighted by Gasteiger charge is -2.08. The van der Waals surface area contributed by atoms with Crippen LogP contribution in [0.5, 0.6) is 0 Å². The van der Waals surface area contributed by atoms with E-state index in [4.69, 9.17) is 16.7 Å². The topological polar surface area (TPSA) is 70.9 Å². The first-order chi connectivity index (χ1) is 13.8. The van der Waals surface area contributed by atoms with Crippen molar-refractivity contribution in [1.82, 2.24) is 14.8 Å². The number of aryl methyl sites for hydroxylation is 1. The largest absolute Gasteiger partial charge is 0.481 e. The SMILES string of the molecule is Cc1nn(Cc2ccc(-c3cc4cc(Cl)ccc4[nH]3)cc2F)c(C)c1CC(=O)O. The normalized spacial score (nSPS) is 11.3. The van der Waals surface area contributed by atoms with E-state index in [1.165, 1.54) is 6.07 Å². The monoisotopic (exact) mass is 411 g/mol. The van der Waals surface area contributed by atoms with Crippen LogP contribution in [0.2, 0.25) is 5.02 Å². The van der Waals surface area contributed by atoms with Gasteiger partial charge in [0.15, 0.2) is 0 Å². The van der Waals surface area contributed by atoms with Gasteiger partial charge in [0.05, 0.1) is 18.7 Å². The molecule has 0 saturated carbocycles. The lowest BCUT2D eigenvalue weighted by atomic mass is 10.1. The standard InChI is InChI=1S/C22H19ClFN3O2/c1-12-18(10-22(28)29)13(2)27(26-12)11-15-4-3-14(8-19(15)24)21-9-16-7-17(23)5-6-20(16)25-21/h3-9,25H,10-11H2,1-2H3,(H,28,29). The summed E-state index contributed by atoms with van der Waals surface area (Å²) in [6.07, 6.45) is -0.0938. The van der Waals surface area contributed by atoms with Gasteiger partial charge in [-0.2, -0.15) is 5.10 Å². The molecule has 0 saturated heterocycles. The molecule has 0 bridgehead atoms. The molecule has 5 nitrogen and oxygen atoms in total. The van der Waals surface area contributed by atoms with Crippen LogP contribution in [0.15, 0.2) is 42.5 Å². The summed E-state index contributed by atoms with van der Waals surface area (Å²) in [5.41, 5.74) is 5.02. The number of fused-ring (bicyclic) bond motifs is 1. The number of rotatable bonds is 5. The molecule has 0 atom stereocenters. The molecular weight excluding hydrogens is 393 g/mol. The molecule has 2 aromatic heterocycles. The molecule has 2 heterocycles. The third kappa shape index (κ3) is 3.76. The van der Waals surface area contributed by atoms with Gasteiger partial charge < -0.3 is 10.1 Å². The Kier molecular flexibility index (Phi) is 4.88. The minimum absolute atomic E-state index is 0.0938. The highest BCUT2D eigenvalue weighted by Gasteiger charge is 2.16. The number of hydrogen-bond donors (Lipinski definition) is 2. The van der Waals surface area contributed by atoms with Gasteiger partial charge >= 0.3 is 5.97 Å². The minimum atomic E-state index is -0.911. The second-order valence-corrected chi connectivity index (χ2v) is 7.53. The number of H-pyrrole nitrogens is 1. The number of aliphatic carboxylic acids is 1. The summed E-state index contributed by atoms with van der Waals surface area (Å²) >= 11 is 6.04. The Morgan fingerprint density at radius 1 is 1.21 bits per heavy atom. The molecule has 0 aliphatic heterocycles. The van der Waals surface area contributed by atoms with Crippen molar-refractivity contribution in [3.63, 3.8) is 0 Å². The third-order valence-electron chi connectivity index (χ3n) is 5.13. The lowest BCUT2D eigenvalue weighted by molar-refractivity contribution is -0.136. The number of hydrogen-bond acceptors (Lipinski definition) is 2. The Morgan fingerprint density at radius 2 is 2.00 bits per heavy atom. The molecule has 0 spiro atoms. The van der Waals surface area contributed by atoms with Crippen molar-refractivity contribution in [2.24, 2.45) is 0 Å². The average Bonchev–Trinajstić information content (AvgIpc) is 3.19. The number of aromatic nitrogens is 3. The molecule has 0 unspecified atom stereocenters. The summed E-state index contributed by atoms with van der Waals surface area (Å²) in [7, 11) is 0. The van der Waals surface area contributed by atoms with Crippen LogP contribution in [0.25, 0.3) is 22.2 Å². The zero-order valence-corrected chi connectivity index (χ0v) is 16.7. The average molecular weight is 412 g/mol. The molecular formula is C22H19ClFN3O2. The van der Waals surface area contributed by atoms with Crippen LogP contribution in [-0.2, 0) is 17.8 Å². The molecule has 7 heteroatoms. The van der Waals surface area contributed by atoms with Gasteiger partial charge in [0.25, 0.3) is 0 Å². The predicted molar refractivity (Wildman–Crippen MR) is 111 cm³/mol. The lowest BCUT2D eigenvalue weighted by Crippen LogP contribution is -2.07. The van der Waals surface area contributed by atoms with Crippen molar-refractivity contribution < 1.29 is 14.3 Å². The van der Waals surface area contributed by atoms with E-state index in [0.29, 0.717) is 21.8 Å². The molecule has 0 fully saturated rings. The maximum atomic E-state index is 14.8. The number of carboxylic acids is 1. The van der Waals surface area contributed by atoms with E-state index in [1.807, 2.05) is 24.3 Å². The second-order valence-electron chi connectivity index (χ2n) is 7.10.